The molecule has 9 rings (SSSR count). The largest absolute Gasteiger partial charge is 0.382 e. The highest BCUT2D eigenvalue weighted by atomic mass is 79.9. The van der Waals surface area contributed by atoms with Crippen LogP contribution in [0.2, 0.25) is 30.1 Å². The van der Waals surface area contributed by atoms with Crippen molar-refractivity contribution >= 4 is 172 Å². The minimum absolute atomic E-state index is 0.339. The van der Waals surface area contributed by atoms with Crippen LogP contribution in [0.25, 0.3) is 33.5 Å². The van der Waals surface area contributed by atoms with E-state index in [4.69, 9.17) is 93.2 Å². The van der Waals surface area contributed by atoms with Crippen molar-refractivity contribution in [3.8, 4) is 12.3 Å². The third kappa shape index (κ3) is 12.7. The summed E-state index contributed by atoms with van der Waals surface area (Å²) in [7, 11) is 0. The SMILES string of the molecule is C#CCNCCn1c(Sc2cc(Cl)cc(Cl)c2)nc2c(N)ncnc21.Nc1ncnc2c1nc(Sc1cc(Cl)cc(Cl)c1)n2CCBr.Nc1ncnc2nc(Sc3cc(Cl)cc(Cl)c3)[nH]c12. The molecule has 0 unspecified atom stereocenters. The van der Waals surface area contributed by atoms with E-state index in [2.05, 4.69) is 77.0 Å². The molecule has 0 aliphatic carbocycles. The van der Waals surface area contributed by atoms with E-state index in [1.807, 2.05) is 33.4 Å². The molecule has 0 fully saturated rings. The van der Waals surface area contributed by atoms with Gasteiger partial charge in [0.1, 0.15) is 24.5 Å². The van der Waals surface area contributed by atoms with Gasteiger partial charge < -0.3 is 36.6 Å². The monoisotopic (exact) mass is 1120 g/mol. The van der Waals surface area contributed by atoms with Gasteiger partial charge in [-0.1, -0.05) is 127 Å². The van der Waals surface area contributed by atoms with E-state index in [9.17, 15) is 0 Å². The van der Waals surface area contributed by atoms with Crippen LogP contribution in [0.15, 0.2) is 104 Å². The zero-order valence-electron chi connectivity index (χ0n) is 33.6. The fourth-order valence-electron chi connectivity index (χ4n) is 5.82. The summed E-state index contributed by atoms with van der Waals surface area (Å²) in [6.45, 7) is 2.51. The van der Waals surface area contributed by atoms with Crippen molar-refractivity contribution < 1.29 is 0 Å². The summed E-state index contributed by atoms with van der Waals surface area (Å²) in [5.74, 6) is 3.62. The van der Waals surface area contributed by atoms with Gasteiger partial charge in [-0.15, -0.1) is 6.42 Å². The minimum Gasteiger partial charge on any atom is -0.382 e. The Morgan fingerprint density at radius 2 is 1.03 bits per heavy atom. The van der Waals surface area contributed by atoms with Crippen LogP contribution in [0.3, 0.4) is 0 Å². The lowest BCUT2D eigenvalue weighted by molar-refractivity contribution is 0.599. The van der Waals surface area contributed by atoms with Gasteiger partial charge in [-0.25, -0.2) is 44.9 Å². The first-order valence-electron chi connectivity index (χ1n) is 18.8. The van der Waals surface area contributed by atoms with Crippen LogP contribution >= 0.6 is 121 Å². The Hall–Kier alpha value is -4.50. The Morgan fingerprint density at radius 1 is 0.591 bits per heavy atom. The van der Waals surface area contributed by atoms with Gasteiger partial charge in [-0.05, 0) is 54.6 Å². The Kier molecular flexibility index (Phi) is 17.2. The molecule has 0 radical (unpaired) electrons. The summed E-state index contributed by atoms with van der Waals surface area (Å²) in [5, 5.41) is 9.50. The first-order chi connectivity index (χ1) is 31.8. The van der Waals surface area contributed by atoms with Crippen molar-refractivity contribution in [1.29, 1.82) is 0 Å². The third-order valence-corrected chi connectivity index (χ3v) is 13.0. The van der Waals surface area contributed by atoms with Gasteiger partial charge in [0, 0.05) is 69.8 Å². The highest BCUT2D eigenvalue weighted by Crippen LogP contribution is 2.36. The number of benzene rings is 3. The molecule has 0 spiro atoms. The van der Waals surface area contributed by atoms with Crippen molar-refractivity contribution in [3.63, 3.8) is 0 Å². The van der Waals surface area contributed by atoms with Crippen molar-refractivity contribution in [1.82, 2.24) is 64.3 Å². The number of aromatic amines is 1. The molecule has 6 heterocycles. The van der Waals surface area contributed by atoms with Crippen LogP contribution in [0.5, 0.6) is 0 Å². The number of halogens is 7. The van der Waals surface area contributed by atoms with Crippen molar-refractivity contribution in [2.45, 2.75) is 43.2 Å². The number of nitrogens with one attached hydrogen (secondary N) is 2. The van der Waals surface area contributed by atoms with Crippen LogP contribution in [0.1, 0.15) is 0 Å². The maximum absolute atomic E-state index is 6.08. The number of alkyl halides is 1. The smallest absolute Gasteiger partial charge is 0.183 e. The summed E-state index contributed by atoms with van der Waals surface area (Å²) in [6, 6.07) is 16.0. The molecule has 0 amide bonds. The molecule has 66 heavy (non-hydrogen) atoms. The molecule has 9 aromatic rings. The number of terminal acetylenes is 1. The van der Waals surface area contributed by atoms with E-state index in [0.29, 0.717) is 112 Å². The molecule has 0 bridgehead atoms. The number of hydrogen-bond acceptors (Lipinski definition) is 16. The second-order valence-corrected chi connectivity index (χ2v) is 19.7. The zero-order chi connectivity index (χ0) is 46.9. The Balaban J connectivity index is 0.000000149. The normalized spacial score (nSPS) is 11.1. The van der Waals surface area contributed by atoms with Crippen LogP contribution in [-0.4, -0.2) is 77.4 Å². The highest BCUT2D eigenvalue weighted by Gasteiger charge is 2.18. The van der Waals surface area contributed by atoms with Crippen LogP contribution in [0, 0.1) is 12.3 Å². The summed E-state index contributed by atoms with van der Waals surface area (Å²) < 4.78 is 3.96. The predicted molar refractivity (Wildman–Crippen MR) is 273 cm³/mol. The Morgan fingerprint density at radius 3 is 1.48 bits per heavy atom. The van der Waals surface area contributed by atoms with Gasteiger partial charge in [0.15, 0.2) is 60.9 Å². The lowest BCUT2D eigenvalue weighted by Gasteiger charge is -2.09. The molecule has 8 N–H and O–H groups in total. The molecule has 338 valence electrons. The van der Waals surface area contributed by atoms with Gasteiger partial charge in [0.2, 0.25) is 0 Å². The van der Waals surface area contributed by atoms with Gasteiger partial charge in [-0.3, -0.25) is 0 Å². The number of nitrogens with zero attached hydrogens (tertiary/aromatic N) is 11. The maximum atomic E-state index is 6.08. The van der Waals surface area contributed by atoms with Crippen molar-refractivity contribution in [3.05, 3.63) is 104 Å². The maximum Gasteiger partial charge on any atom is 0.183 e. The number of fused-ring (bicyclic) bond motifs is 3. The topological polar surface area (TPSA) is 232 Å². The van der Waals surface area contributed by atoms with Gasteiger partial charge >= 0.3 is 0 Å². The number of hydrogen-bond donors (Lipinski definition) is 5. The number of H-pyrrole nitrogens is 1. The van der Waals surface area contributed by atoms with Crippen LogP contribution < -0.4 is 22.5 Å². The lowest BCUT2D eigenvalue weighted by atomic mass is 10.4. The average molecular weight is 1120 g/mol. The fraction of sp³-hybridized carbons (Fsp3) is 0.125. The van der Waals surface area contributed by atoms with E-state index in [1.54, 1.807) is 30.3 Å². The molecular formula is C40H31BrCl6N16S3. The molecule has 26 heteroatoms. The number of aryl methyl sites for hydroxylation is 1. The number of rotatable bonds is 12. The second-order valence-electron chi connectivity index (χ2n) is 13.1. The summed E-state index contributed by atoms with van der Waals surface area (Å²) in [5.41, 5.74) is 21.3. The summed E-state index contributed by atoms with van der Waals surface area (Å²) in [6.07, 6.45) is 9.50. The molecule has 16 nitrogen and oxygen atoms in total. The molecule has 0 saturated carbocycles. The van der Waals surface area contributed by atoms with E-state index in [1.165, 1.54) is 54.3 Å². The first-order valence-corrected chi connectivity index (χ1v) is 24.6. The number of aromatic nitrogens is 12. The number of nitrogen functional groups attached to an aromatic ring is 3. The summed E-state index contributed by atoms with van der Waals surface area (Å²) >= 11 is 43.9. The van der Waals surface area contributed by atoms with E-state index < -0.39 is 0 Å². The Bertz CT molecular complexity index is 3160. The van der Waals surface area contributed by atoms with Crippen LogP contribution in [0.4, 0.5) is 17.5 Å². The molecule has 0 saturated heterocycles. The number of imidazole rings is 3. The first kappa shape index (κ1) is 49.4. The van der Waals surface area contributed by atoms with Gasteiger partial charge in [0.05, 0.1) is 6.54 Å². The highest BCUT2D eigenvalue weighted by molar-refractivity contribution is 9.09. The third-order valence-electron chi connectivity index (χ3n) is 8.53. The Labute approximate surface area is 427 Å². The molecule has 3 aromatic carbocycles. The van der Waals surface area contributed by atoms with Crippen molar-refractivity contribution in [2.24, 2.45) is 0 Å². The minimum atomic E-state index is 0.339. The predicted octanol–water partition coefficient (Wildman–Crippen LogP) is 10.7. The molecular weight excluding hydrogens is 1090 g/mol. The second kappa shape index (κ2) is 23.0. The van der Waals surface area contributed by atoms with E-state index in [0.717, 1.165) is 30.3 Å². The molecule has 6 aromatic heterocycles. The van der Waals surface area contributed by atoms with Gasteiger partial charge in [0.25, 0.3) is 0 Å². The quantitative estimate of drug-likeness (QED) is 0.0435. The lowest BCUT2D eigenvalue weighted by Crippen LogP contribution is -2.20. The standard InChI is InChI=1S/C16H14Cl2N6S.C13H10BrCl2N5S.C11H7Cl2N5S/c1-2-3-20-4-5-24-15-13(14(19)21-9-22-15)23-16(24)25-12-7-10(17)6-11(18)8-12;14-1-2-21-12-10(11(17)18-6-19-12)20-13(21)22-9-4-7(15)3-8(16)5-9;12-5-1-6(13)3-7(2-5)19-11-17-8-9(14)15-4-16-10(8)18-11/h1,6-9,20H,3-5H2,(H2,19,21,22);3-6H,1-2H2,(H2,17,18,19);1-4H,(H3,14,15,16,17,18). The summed E-state index contributed by atoms with van der Waals surface area (Å²) in [4.78, 5) is 43.7. The van der Waals surface area contributed by atoms with Gasteiger partial charge in [-0.2, -0.15) is 0 Å². The van der Waals surface area contributed by atoms with E-state index >= 15 is 0 Å². The molecule has 0 atom stereocenters. The van der Waals surface area contributed by atoms with Crippen LogP contribution in [-0.2, 0) is 13.1 Å². The van der Waals surface area contributed by atoms with Crippen molar-refractivity contribution in [2.75, 3.05) is 35.6 Å². The average Bonchev–Trinajstić information content (AvgIpc) is 3.94. The molecule has 0 aliphatic rings. The number of nitrogens with two attached hydrogens (primary N) is 3. The zero-order valence-corrected chi connectivity index (χ0v) is 42.1. The fourth-order valence-corrected chi connectivity index (χ4v) is 11.0. The van der Waals surface area contributed by atoms with E-state index in [-0.39, 0.29) is 0 Å². The number of anilines is 3. The molecule has 0 aliphatic heterocycles.